The zero-order valence-electron chi connectivity index (χ0n) is 12.1. The molecule has 22 heavy (non-hydrogen) atoms. The molecule has 3 heterocycles. The van der Waals surface area contributed by atoms with Crippen molar-refractivity contribution in [2.45, 2.75) is 30.7 Å². The second-order valence-corrected chi connectivity index (χ2v) is 7.07. The molecule has 8 heteroatoms. The average Bonchev–Trinajstić information content (AvgIpc) is 3.10. The van der Waals surface area contributed by atoms with Gasteiger partial charge in [0.1, 0.15) is 5.82 Å². The van der Waals surface area contributed by atoms with Gasteiger partial charge in [-0.2, -0.15) is 0 Å². The van der Waals surface area contributed by atoms with E-state index in [9.17, 15) is 4.79 Å². The molecule has 0 aliphatic rings. The van der Waals surface area contributed by atoms with Crippen LogP contribution in [0.25, 0.3) is 0 Å². The fourth-order valence-electron chi connectivity index (χ4n) is 1.92. The number of thioether (sulfide) groups is 1. The first kappa shape index (κ1) is 15.0. The number of aromatic amines is 1. The summed E-state index contributed by atoms with van der Waals surface area (Å²) in [6.07, 6.45) is 0.638. The maximum Gasteiger partial charge on any atom is 0.277 e. The minimum atomic E-state index is -0.154. The van der Waals surface area contributed by atoms with E-state index in [2.05, 4.69) is 20.2 Å². The number of thiophene rings is 1. The van der Waals surface area contributed by atoms with Gasteiger partial charge in [0.15, 0.2) is 0 Å². The molecule has 0 radical (unpaired) electrons. The summed E-state index contributed by atoms with van der Waals surface area (Å²) in [4.78, 5) is 19.7. The Morgan fingerprint density at radius 2 is 2.32 bits per heavy atom. The molecule has 114 valence electrons. The third-order valence-corrected chi connectivity index (χ3v) is 4.72. The molecule has 1 N–H and O–H groups in total. The second-order valence-electron chi connectivity index (χ2n) is 4.75. The van der Waals surface area contributed by atoms with E-state index >= 15 is 0 Å². The number of nitrogens with zero attached hydrogens (tertiary/aromatic N) is 3. The lowest BCUT2D eigenvalue weighted by Crippen LogP contribution is -2.12. The van der Waals surface area contributed by atoms with Crippen LogP contribution in [-0.4, -0.2) is 20.2 Å². The van der Waals surface area contributed by atoms with Crippen molar-refractivity contribution in [2.75, 3.05) is 0 Å². The van der Waals surface area contributed by atoms with Crippen LogP contribution < -0.4 is 5.56 Å². The molecule has 6 nitrogen and oxygen atoms in total. The molecule has 0 fully saturated rings. The number of aryl methyl sites for hydroxylation is 1. The third-order valence-electron chi connectivity index (χ3n) is 2.90. The molecular formula is C14H14N4O2S2. The molecule has 0 bridgehead atoms. The molecule has 3 aromatic heterocycles. The van der Waals surface area contributed by atoms with Crippen molar-refractivity contribution >= 4 is 23.1 Å². The van der Waals surface area contributed by atoms with E-state index < -0.39 is 0 Å². The molecule has 0 aliphatic heterocycles. The number of aromatic nitrogens is 4. The van der Waals surface area contributed by atoms with Crippen LogP contribution in [0.3, 0.4) is 0 Å². The van der Waals surface area contributed by atoms with E-state index in [1.54, 1.807) is 18.3 Å². The quantitative estimate of drug-likeness (QED) is 0.722. The largest absolute Gasteiger partial charge is 0.416 e. The number of H-pyrrole nitrogens is 1. The molecule has 1 atom stereocenters. The van der Waals surface area contributed by atoms with Crippen LogP contribution >= 0.6 is 23.1 Å². The average molecular weight is 334 g/mol. The minimum absolute atomic E-state index is 0.0809. The Balaban J connectivity index is 1.70. The number of rotatable bonds is 5. The first-order chi connectivity index (χ1) is 10.6. The van der Waals surface area contributed by atoms with Crippen molar-refractivity contribution in [3.05, 3.63) is 56.2 Å². The van der Waals surface area contributed by atoms with E-state index in [1.807, 2.05) is 24.4 Å². The van der Waals surface area contributed by atoms with Gasteiger partial charge in [-0.3, -0.25) is 4.79 Å². The van der Waals surface area contributed by atoms with Gasteiger partial charge in [-0.25, -0.2) is 4.98 Å². The SMILES string of the molecule is Cc1cc(=O)[nH]c(C(C)Sc2nnc(Cc3cccs3)o2)n1. The van der Waals surface area contributed by atoms with Gasteiger partial charge in [-0.1, -0.05) is 17.8 Å². The van der Waals surface area contributed by atoms with Gasteiger partial charge >= 0.3 is 0 Å². The van der Waals surface area contributed by atoms with Gasteiger partial charge in [0.2, 0.25) is 5.89 Å². The van der Waals surface area contributed by atoms with E-state index in [0.717, 1.165) is 0 Å². The van der Waals surface area contributed by atoms with Crippen LogP contribution in [0.5, 0.6) is 0 Å². The normalized spacial score (nSPS) is 12.5. The van der Waals surface area contributed by atoms with E-state index in [1.165, 1.54) is 22.7 Å². The highest BCUT2D eigenvalue weighted by Crippen LogP contribution is 2.32. The molecule has 3 aromatic rings. The van der Waals surface area contributed by atoms with E-state index in [-0.39, 0.29) is 10.8 Å². The Labute approximate surface area is 135 Å². The Kier molecular flexibility index (Phi) is 4.39. The van der Waals surface area contributed by atoms with Crippen molar-refractivity contribution < 1.29 is 4.42 Å². The van der Waals surface area contributed by atoms with Crippen molar-refractivity contribution in [1.29, 1.82) is 0 Å². The minimum Gasteiger partial charge on any atom is -0.416 e. The van der Waals surface area contributed by atoms with Gasteiger partial charge in [-0.05, 0) is 25.3 Å². The number of nitrogens with one attached hydrogen (secondary N) is 1. The van der Waals surface area contributed by atoms with Crippen molar-refractivity contribution in [3.8, 4) is 0 Å². The molecule has 0 saturated carbocycles. The van der Waals surface area contributed by atoms with Gasteiger partial charge < -0.3 is 9.40 Å². The Morgan fingerprint density at radius 1 is 1.45 bits per heavy atom. The Morgan fingerprint density at radius 3 is 3.05 bits per heavy atom. The molecular weight excluding hydrogens is 320 g/mol. The lowest BCUT2D eigenvalue weighted by atomic mass is 10.3. The van der Waals surface area contributed by atoms with E-state index in [0.29, 0.717) is 29.1 Å². The first-order valence-corrected chi connectivity index (χ1v) is 8.45. The Hall–Kier alpha value is -1.93. The van der Waals surface area contributed by atoms with Crippen LogP contribution in [0, 0.1) is 6.92 Å². The van der Waals surface area contributed by atoms with Gasteiger partial charge in [0.05, 0.1) is 11.7 Å². The smallest absolute Gasteiger partial charge is 0.277 e. The molecule has 0 saturated heterocycles. The predicted molar refractivity (Wildman–Crippen MR) is 85.3 cm³/mol. The maximum atomic E-state index is 11.5. The summed E-state index contributed by atoms with van der Waals surface area (Å²) in [5, 5.41) is 10.5. The summed E-state index contributed by atoms with van der Waals surface area (Å²) in [5.41, 5.74) is 0.536. The summed E-state index contributed by atoms with van der Waals surface area (Å²) in [6.45, 7) is 3.73. The van der Waals surface area contributed by atoms with Crippen molar-refractivity contribution in [3.63, 3.8) is 0 Å². The monoisotopic (exact) mass is 334 g/mol. The summed E-state index contributed by atoms with van der Waals surface area (Å²) < 4.78 is 5.64. The van der Waals surface area contributed by atoms with Gasteiger partial charge in [0, 0.05) is 16.6 Å². The summed E-state index contributed by atoms with van der Waals surface area (Å²) in [7, 11) is 0. The first-order valence-electron chi connectivity index (χ1n) is 6.69. The molecule has 1 unspecified atom stereocenters. The summed E-state index contributed by atoms with van der Waals surface area (Å²) in [6, 6.07) is 5.49. The molecule has 0 aromatic carbocycles. The molecule has 0 aliphatic carbocycles. The standard InChI is InChI=1S/C14H14N4O2S2/c1-8-6-11(19)16-13(15-8)9(2)22-14-18-17-12(20-14)7-10-4-3-5-21-10/h3-6,9H,7H2,1-2H3,(H,15,16,19). The zero-order valence-corrected chi connectivity index (χ0v) is 13.7. The van der Waals surface area contributed by atoms with Crippen LogP contribution in [0.15, 0.2) is 38.0 Å². The third kappa shape index (κ3) is 3.63. The Bertz CT molecular complexity index is 810. The second kappa shape index (κ2) is 6.45. The fourth-order valence-corrected chi connectivity index (χ4v) is 3.38. The fraction of sp³-hybridized carbons (Fsp3) is 0.286. The summed E-state index contributed by atoms with van der Waals surface area (Å²) in [5.74, 6) is 1.19. The van der Waals surface area contributed by atoms with Crippen LogP contribution in [-0.2, 0) is 6.42 Å². The predicted octanol–water partition coefficient (Wildman–Crippen LogP) is 2.97. The van der Waals surface area contributed by atoms with E-state index in [4.69, 9.17) is 4.42 Å². The van der Waals surface area contributed by atoms with Crippen molar-refractivity contribution in [2.24, 2.45) is 0 Å². The summed E-state index contributed by atoms with van der Waals surface area (Å²) >= 11 is 3.03. The van der Waals surface area contributed by atoms with Crippen LogP contribution in [0.2, 0.25) is 0 Å². The van der Waals surface area contributed by atoms with Gasteiger partial charge in [0.25, 0.3) is 10.8 Å². The van der Waals surface area contributed by atoms with Crippen molar-refractivity contribution in [1.82, 2.24) is 20.2 Å². The highest BCUT2D eigenvalue weighted by Gasteiger charge is 2.16. The highest BCUT2D eigenvalue weighted by atomic mass is 32.2. The maximum absolute atomic E-state index is 11.5. The topological polar surface area (TPSA) is 84.7 Å². The number of hydrogen-bond donors (Lipinski definition) is 1. The van der Waals surface area contributed by atoms with Crippen LogP contribution in [0.1, 0.15) is 34.5 Å². The zero-order chi connectivity index (χ0) is 15.5. The molecule has 3 rings (SSSR count). The lowest BCUT2D eigenvalue weighted by Gasteiger charge is -2.07. The molecule has 0 spiro atoms. The molecule has 0 amide bonds. The lowest BCUT2D eigenvalue weighted by molar-refractivity contribution is 0.420. The number of hydrogen-bond acceptors (Lipinski definition) is 7. The van der Waals surface area contributed by atoms with Crippen LogP contribution in [0.4, 0.5) is 0 Å². The highest BCUT2D eigenvalue weighted by molar-refractivity contribution is 7.99. The van der Waals surface area contributed by atoms with Gasteiger partial charge in [-0.15, -0.1) is 21.5 Å².